The molecule has 1 amide bonds. The SMILES string of the molecule is CN1CCN(CCCN(C)C(=O)C(C)(C)c2ccc(F)cc2)CC1. The average Bonchev–Trinajstić information content (AvgIpc) is 2.56. The van der Waals surface area contributed by atoms with E-state index in [1.807, 2.05) is 20.9 Å². The van der Waals surface area contributed by atoms with Crippen molar-refractivity contribution in [2.75, 3.05) is 53.4 Å². The molecule has 0 N–H and O–H groups in total. The molecule has 1 aromatic carbocycles. The van der Waals surface area contributed by atoms with Gasteiger partial charge in [-0.1, -0.05) is 12.1 Å². The van der Waals surface area contributed by atoms with E-state index >= 15 is 0 Å². The molecule has 1 fully saturated rings. The van der Waals surface area contributed by atoms with Gasteiger partial charge in [0.15, 0.2) is 0 Å². The smallest absolute Gasteiger partial charge is 0.232 e. The lowest BCUT2D eigenvalue weighted by molar-refractivity contribution is -0.135. The molecule has 0 unspecified atom stereocenters. The van der Waals surface area contributed by atoms with Gasteiger partial charge in [-0.15, -0.1) is 0 Å². The third kappa shape index (κ3) is 4.77. The predicted octanol–water partition coefficient (Wildman–Crippen LogP) is 2.20. The highest BCUT2D eigenvalue weighted by atomic mass is 19.1. The standard InChI is InChI=1S/C19H30FN3O/c1-19(2,16-6-8-17(20)9-7-16)18(24)22(4)10-5-11-23-14-12-21(3)13-15-23/h6-9H,5,10-15H2,1-4H3. The Balaban J connectivity index is 1.83. The maximum atomic E-state index is 13.1. The van der Waals surface area contributed by atoms with Gasteiger partial charge in [-0.3, -0.25) is 4.79 Å². The van der Waals surface area contributed by atoms with Gasteiger partial charge in [-0.2, -0.15) is 0 Å². The van der Waals surface area contributed by atoms with Crippen LogP contribution in [0.5, 0.6) is 0 Å². The third-order valence-electron chi connectivity index (χ3n) is 5.01. The number of halogens is 1. The first kappa shape index (κ1) is 18.9. The molecule has 2 rings (SSSR count). The van der Waals surface area contributed by atoms with E-state index in [4.69, 9.17) is 0 Å². The second-order valence-electron chi connectivity index (χ2n) is 7.36. The maximum Gasteiger partial charge on any atom is 0.232 e. The monoisotopic (exact) mass is 335 g/mol. The largest absolute Gasteiger partial charge is 0.345 e. The first-order valence-corrected chi connectivity index (χ1v) is 8.73. The molecule has 4 nitrogen and oxygen atoms in total. The number of nitrogens with zero attached hydrogens (tertiary/aromatic N) is 3. The van der Waals surface area contributed by atoms with E-state index in [0.717, 1.165) is 51.3 Å². The minimum Gasteiger partial charge on any atom is -0.345 e. The number of piperazine rings is 1. The molecular formula is C19H30FN3O. The van der Waals surface area contributed by atoms with Crippen molar-refractivity contribution in [3.63, 3.8) is 0 Å². The van der Waals surface area contributed by atoms with Crippen LogP contribution >= 0.6 is 0 Å². The van der Waals surface area contributed by atoms with Gasteiger partial charge in [0.05, 0.1) is 5.41 Å². The topological polar surface area (TPSA) is 26.8 Å². The quantitative estimate of drug-likeness (QED) is 0.797. The van der Waals surface area contributed by atoms with E-state index in [1.165, 1.54) is 12.1 Å². The van der Waals surface area contributed by atoms with Gasteiger partial charge in [-0.05, 0) is 51.6 Å². The molecule has 1 aliphatic rings. The fraction of sp³-hybridized carbons (Fsp3) is 0.632. The zero-order chi connectivity index (χ0) is 17.7. The summed E-state index contributed by atoms with van der Waals surface area (Å²) in [5, 5.41) is 0. The maximum absolute atomic E-state index is 13.1. The van der Waals surface area contributed by atoms with Crippen molar-refractivity contribution in [3.05, 3.63) is 35.6 Å². The highest BCUT2D eigenvalue weighted by Gasteiger charge is 2.32. The fourth-order valence-electron chi connectivity index (χ4n) is 3.17. The third-order valence-corrected chi connectivity index (χ3v) is 5.01. The number of amides is 1. The molecule has 5 heteroatoms. The van der Waals surface area contributed by atoms with E-state index in [-0.39, 0.29) is 11.7 Å². The lowest BCUT2D eigenvalue weighted by Crippen LogP contribution is -2.46. The molecule has 1 heterocycles. The van der Waals surface area contributed by atoms with Crippen LogP contribution in [0.3, 0.4) is 0 Å². The molecule has 0 spiro atoms. The molecule has 24 heavy (non-hydrogen) atoms. The van der Waals surface area contributed by atoms with Crippen LogP contribution in [0.1, 0.15) is 25.8 Å². The van der Waals surface area contributed by atoms with E-state index in [1.54, 1.807) is 17.0 Å². The Labute approximate surface area is 145 Å². The van der Waals surface area contributed by atoms with Crippen molar-refractivity contribution < 1.29 is 9.18 Å². The summed E-state index contributed by atoms with van der Waals surface area (Å²) >= 11 is 0. The minimum atomic E-state index is -0.643. The van der Waals surface area contributed by atoms with Crippen LogP contribution in [0.2, 0.25) is 0 Å². The van der Waals surface area contributed by atoms with Gasteiger partial charge in [0.1, 0.15) is 5.82 Å². The van der Waals surface area contributed by atoms with Crippen LogP contribution in [-0.4, -0.2) is 74.0 Å². The van der Waals surface area contributed by atoms with Crippen LogP contribution in [0.4, 0.5) is 4.39 Å². The molecular weight excluding hydrogens is 305 g/mol. The van der Waals surface area contributed by atoms with Gasteiger partial charge in [0.25, 0.3) is 0 Å². The molecule has 0 saturated carbocycles. The Hall–Kier alpha value is -1.46. The summed E-state index contributed by atoms with van der Waals surface area (Å²) in [5.41, 5.74) is 0.204. The zero-order valence-corrected chi connectivity index (χ0v) is 15.4. The normalized spacial score (nSPS) is 17.0. The van der Waals surface area contributed by atoms with Crippen LogP contribution < -0.4 is 0 Å². The number of carbonyl (C=O) groups excluding carboxylic acids is 1. The van der Waals surface area contributed by atoms with Gasteiger partial charge in [0.2, 0.25) is 5.91 Å². The second kappa shape index (κ2) is 8.08. The summed E-state index contributed by atoms with van der Waals surface area (Å²) in [6.07, 6.45) is 0.978. The molecule has 1 saturated heterocycles. The Morgan fingerprint density at radius 2 is 1.75 bits per heavy atom. The van der Waals surface area contributed by atoms with Crippen molar-refractivity contribution in [3.8, 4) is 0 Å². The zero-order valence-electron chi connectivity index (χ0n) is 15.4. The van der Waals surface area contributed by atoms with E-state index in [0.29, 0.717) is 0 Å². The van der Waals surface area contributed by atoms with Gasteiger partial charge in [-0.25, -0.2) is 4.39 Å². The van der Waals surface area contributed by atoms with Gasteiger partial charge in [0, 0.05) is 39.8 Å². The van der Waals surface area contributed by atoms with Gasteiger partial charge < -0.3 is 14.7 Å². The van der Waals surface area contributed by atoms with Crippen LogP contribution in [-0.2, 0) is 10.2 Å². The number of benzene rings is 1. The van der Waals surface area contributed by atoms with E-state index in [2.05, 4.69) is 16.8 Å². The van der Waals surface area contributed by atoms with Crippen molar-refractivity contribution in [2.45, 2.75) is 25.7 Å². The van der Waals surface area contributed by atoms with Crippen LogP contribution in [0, 0.1) is 5.82 Å². The Bertz CT molecular complexity index is 536. The lowest BCUT2D eigenvalue weighted by Gasteiger charge is -2.33. The average molecular weight is 335 g/mol. The molecule has 0 atom stereocenters. The number of likely N-dealkylation sites (N-methyl/N-ethyl adjacent to an activating group) is 2. The molecule has 134 valence electrons. The van der Waals surface area contributed by atoms with Gasteiger partial charge >= 0.3 is 0 Å². The first-order valence-electron chi connectivity index (χ1n) is 8.73. The highest BCUT2D eigenvalue weighted by Crippen LogP contribution is 2.25. The summed E-state index contributed by atoms with van der Waals surface area (Å²) < 4.78 is 13.1. The van der Waals surface area contributed by atoms with Crippen molar-refractivity contribution in [1.29, 1.82) is 0 Å². The first-order chi connectivity index (χ1) is 11.3. The summed E-state index contributed by atoms with van der Waals surface area (Å²) in [6.45, 7) is 10.0. The Morgan fingerprint density at radius 3 is 2.33 bits per heavy atom. The number of hydrogen-bond donors (Lipinski definition) is 0. The molecule has 0 radical (unpaired) electrons. The number of hydrogen-bond acceptors (Lipinski definition) is 3. The number of rotatable bonds is 6. The Morgan fingerprint density at radius 1 is 1.17 bits per heavy atom. The summed E-state index contributed by atoms with van der Waals surface area (Å²) in [5.74, 6) is -0.199. The van der Waals surface area contributed by atoms with Crippen molar-refractivity contribution >= 4 is 5.91 Å². The predicted molar refractivity (Wildman–Crippen MR) is 95.6 cm³/mol. The summed E-state index contributed by atoms with van der Waals surface area (Å²) in [4.78, 5) is 19.4. The fourth-order valence-corrected chi connectivity index (χ4v) is 3.17. The van der Waals surface area contributed by atoms with Crippen molar-refractivity contribution in [1.82, 2.24) is 14.7 Å². The van der Waals surface area contributed by atoms with E-state index < -0.39 is 5.41 Å². The lowest BCUT2D eigenvalue weighted by atomic mass is 9.83. The van der Waals surface area contributed by atoms with Crippen molar-refractivity contribution in [2.24, 2.45) is 0 Å². The highest BCUT2D eigenvalue weighted by molar-refractivity contribution is 5.87. The Kier molecular flexibility index (Phi) is 6.35. The summed E-state index contributed by atoms with van der Waals surface area (Å²) in [6, 6.07) is 6.23. The van der Waals surface area contributed by atoms with E-state index in [9.17, 15) is 9.18 Å². The number of carbonyl (C=O) groups is 1. The minimum absolute atomic E-state index is 0.0764. The van der Waals surface area contributed by atoms with Crippen LogP contribution in [0.15, 0.2) is 24.3 Å². The molecule has 1 aliphatic heterocycles. The molecule has 0 aliphatic carbocycles. The van der Waals surface area contributed by atoms with Crippen LogP contribution in [0.25, 0.3) is 0 Å². The second-order valence-corrected chi connectivity index (χ2v) is 7.36. The summed E-state index contributed by atoms with van der Waals surface area (Å²) in [7, 11) is 4.01. The molecule has 1 aromatic rings. The molecule has 0 bridgehead atoms. The molecule has 0 aromatic heterocycles.